The van der Waals surface area contributed by atoms with Gasteiger partial charge in [-0.15, -0.1) is 11.3 Å². The van der Waals surface area contributed by atoms with E-state index in [1.165, 1.54) is 11.1 Å². The number of amides is 1. The number of benzene rings is 1. The minimum Gasteiger partial charge on any atom is -0.354 e. The van der Waals surface area contributed by atoms with Gasteiger partial charge in [0.2, 0.25) is 5.91 Å². The molecule has 1 aliphatic heterocycles. The van der Waals surface area contributed by atoms with Gasteiger partial charge < -0.3 is 10.6 Å². The van der Waals surface area contributed by atoms with E-state index in [2.05, 4.69) is 34.9 Å². The molecule has 0 saturated heterocycles. The monoisotopic (exact) mass is 286 g/mol. The van der Waals surface area contributed by atoms with Gasteiger partial charge in [0.25, 0.3) is 0 Å². The van der Waals surface area contributed by atoms with Crippen LogP contribution in [-0.4, -0.2) is 19.0 Å². The van der Waals surface area contributed by atoms with Crippen molar-refractivity contribution in [3.8, 4) is 0 Å². The first-order chi connectivity index (χ1) is 9.83. The van der Waals surface area contributed by atoms with E-state index in [0.717, 1.165) is 17.8 Å². The van der Waals surface area contributed by atoms with E-state index in [1.807, 2.05) is 17.5 Å². The lowest BCUT2D eigenvalue weighted by atomic mass is 9.94. The summed E-state index contributed by atoms with van der Waals surface area (Å²) in [5.74, 6) is 0.0947. The topological polar surface area (TPSA) is 41.1 Å². The molecule has 2 aromatic rings. The Labute approximate surface area is 123 Å². The van der Waals surface area contributed by atoms with Crippen LogP contribution in [0.2, 0.25) is 0 Å². The molecule has 4 heteroatoms. The van der Waals surface area contributed by atoms with Gasteiger partial charge in [-0.25, -0.2) is 0 Å². The first-order valence-electron chi connectivity index (χ1n) is 6.93. The summed E-state index contributed by atoms with van der Waals surface area (Å²) in [7, 11) is 0. The van der Waals surface area contributed by atoms with E-state index in [-0.39, 0.29) is 11.9 Å². The Hall–Kier alpha value is -1.65. The minimum atomic E-state index is 0.0947. The number of carbonyl (C=O) groups is 1. The molecule has 1 aliphatic rings. The molecule has 0 radical (unpaired) electrons. The van der Waals surface area contributed by atoms with Gasteiger partial charge in [-0.1, -0.05) is 30.3 Å². The van der Waals surface area contributed by atoms with E-state index in [1.54, 1.807) is 11.3 Å². The number of rotatable bonds is 4. The van der Waals surface area contributed by atoms with Crippen molar-refractivity contribution in [2.45, 2.75) is 18.9 Å². The lowest BCUT2D eigenvalue weighted by Crippen LogP contribution is -2.39. The Morgan fingerprint density at radius 3 is 3.05 bits per heavy atom. The van der Waals surface area contributed by atoms with Gasteiger partial charge in [-0.3, -0.25) is 4.79 Å². The third kappa shape index (κ3) is 3.08. The van der Waals surface area contributed by atoms with Crippen LogP contribution < -0.4 is 10.6 Å². The third-order valence-corrected chi connectivity index (χ3v) is 4.51. The highest BCUT2D eigenvalue weighted by Crippen LogP contribution is 2.21. The summed E-state index contributed by atoms with van der Waals surface area (Å²) in [6, 6.07) is 12.7. The number of carbonyl (C=O) groups excluding carboxylic acids is 1. The van der Waals surface area contributed by atoms with Gasteiger partial charge in [-0.2, -0.15) is 0 Å². The first-order valence-corrected chi connectivity index (χ1v) is 7.81. The number of nitrogens with one attached hydrogen (secondary N) is 2. The highest BCUT2D eigenvalue weighted by atomic mass is 32.1. The highest BCUT2D eigenvalue weighted by Gasteiger charge is 2.19. The van der Waals surface area contributed by atoms with Crippen molar-refractivity contribution < 1.29 is 4.79 Å². The zero-order valence-electron chi connectivity index (χ0n) is 11.3. The molecular weight excluding hydrogens is 268 g/mol. The van der Waals surface area contributed by atoms with Crippen molar-refractivity contribution >= 4 is 17.2 Å². The molecule has 1 aromatic heterocycles. The molecule has 3 rings (SSSR count). The van der Waals surface area contributed by atoms with E-state index >= 15 is 0 Å². The summed E-state index contributed by atoms with van der Waals surface area (Å²) in [5.41, 5.74) is 2.71. The second-order valence-electron chi connectivity index (χ2n) is 5.02. The van der Waals surface area contributed by atoms with Gasteiger partial charge in [0.15, 0.2) is 0 Å². The molecule has 20 heavy (non-hydrogen) atoms. The fourth-order valence-corrected chi connectivity index (χ4v) is 3.33. The van der Waals surface area contributed by atoms with Crippen LogP contribution >= 0.6 is 11.3 Å². The largest absolute Gasteiger partial charge is 0.354 e. The van der Waals surface area contributed by atoms with Gasteiger partial charge in [0, 0.05) is 17.5 Å². The number of hydrogen-bond acceptors (Lipinski definition) is 3. The zero-order valence-corrected chi connectivity index (χ0v) is 12.1. The van der Waals surface area contributed by atoms with E-state index in [9.17, 15) is 4.79 Å². The summed E-state index contributed by atoms with van der Waals surface area (Å²) in [6.07, 6.45) is 1.54. The van der Waals surface area contributed by atoms with Gasteiger partial charge >= 0.3 is 0 Å². The second-order valence-corrected chi connectivity index (χ2v) is 6.05. The summed E-state index contributed by atoms with van der Waals surface area (Å²) >= 11 is 1.62. The molecule has 3 nitrogen and oxygen atoms in total. The molecule has 0 spiro atoms. The molecular formula is C16H18N2OS. The fraction of sp³-hybridized carbons (Fsp3) is 0.312. The Kier molecular flexibility index (Phi) is 4.14. The van der Waals surface area contributed by atoms with Crippen LogP contribution in [0.5, 0.6) is 0 Å². The SMILES string of the molecule is O=C(Cc1cccs1)NCC1NCCc2ccccc21. The van der Waals surface area contributed by atoms with E-state index in [0.29, 0.717) is 13.0 Å². The molecule has 0 fully saturated rings. The van der Waals surface area contributed by atoms with Crippen LogP contribution in [0, 0.1) is 0 Å². The Morgan fingerprint density at radius 2 is 2.20 bits per heavy atom. The molecule has 0 saturated carbocycles. The van der Waals surface area contributed by atoms with Crippen molar-refractivity contribution in [1.82, 2.24) is 10.6 Å². The standard InChI is InChI=1S/C16H18N2OS/c19-16(10-13-5-3-9-20-13)18-11-15-14-6-2-1-4-12(14)7-8-17-15/h1-6,9,15,17H,7-8,10-11H2,(H,18,19). The van der Waals surface area contributed by atoms with Crippen LogP contribution in [0.1, 0.15) is 22.0 Å². The summed E-state index contributed by atoms with van der Waals surface area (Å²) < 4.78 is 0. The predicted molar refractivity (Wildman–Crippen MR) is 81.9 cm³/mol. The molecule has 1 unspecified atom stereocenters. The maximum Gasteiger partial charge on any atom is 0.225 e. The average molecular weight is 286 g/mol. The van der Waals surface area contributed by atoms with Crippen LogP contribution in [0.25, 0.3) is 0 Å². The van der Waals surface area contributed by atoms with Gasteiger partial charge in [0.05, 0.1) is 6.42 Å². The number of thiophene rings is 1. The van der Waals surface area contributed by atoms with E-state index in [4.69, 9.17) is 0 Å². The summed E-state index contributed by atoms with van der Waals surface area (Å²) in [5, 5.41) is 8.52. The molecule has 2 N–H and O–H groups in total. The maximum atomic E-state index is 11.9. The average Bonchev–Trinajstić information content (AvgIpc) is 2.98. The maximum absolute atomic E-state index is 11.9. The molecule has 1 aromatic carbocycles. The Balaban J connectivity index is 1.58. The predicted octanol–water partition coefficient (Wildman–Crippen LogP) is 2.29. The number of hydrogen-bond donors (Lipinski definition) is 2. The van der Waals surface area contributed by atoms with Gasteiger partial charge in [-0.05, 0) is 35.5 Å². The second kappa shape index (κ2) is 6.20. The van der Waals surface area contributed by atoms with Crippen LogP contribution in [0.4, 0.5) is 0 Å². The molecule has 1 atom stereocenters. The molecule has 0 bridgehead atoms. The number of fused-ring (bicyclic) bond motifs is 1. The molecule has 1 amide bonds. The lowest BCUT2D eigenvalue weighted by molar-refractivity contribution is -0.120. The van der Waals surface area contributed by atoms with Crippen molar-refractivity contribution in [2.75, 3.05) is 13.1 Å². The Morgan fingerprint density at radius 1 is 1.30 bits per heavy atom. The minimum absolute atomic E-state index is 0.0947. The van der Waals surface area contributed by atoms with Gasteiger partial charge in [0.1, 0.15) is 0 Å². The lowest BCUT2D eigenvalue weighted by Gasteiger charge is -2.27. The van der Waals surface area contributed by atoms with E-state index < -0.39 is 0 Å². The highest BCUT2D eigenvalue weighted by molar-refractivity contribution is 7.10. The summed E-state index contributed by atoms with van der Waals surface area (Å²) in [4.78, 5) is 13.0. The molecule has 2 heterocycles. The van der Waals surface area contributed by atoms with Crippen molar-refractivity contribution in [1.29, 1.82) is 0 Å². The van der Waals surface area contributed by atoms with Crippen LogP contribution in [0.15, 0.2) is 41.8 Å². The molecule has 104 valence electrons. The zero-order chi connectivity index (χ0) is 13.8. The fourth-order valence-electron chi connectivity index (χ4n) is 2.62. The molecule has 0 aliphatic carbocycles. The van der Waals surface area contributed by atoms with Crippen molar-refractivity contribution in [3.63, 3.8) is 0 Å². The van der Waals surface area contributed by atoms with Crippen molar-refractivity contribution in [2.24, 2.45) is 0 Å². The Bertz CT molecular complexity index is 580. The third-order valence-electron chi connectivity index (χ3n) is 3.63. The van der Waals surface area contributed by atoms with Crippen molar-refractivity contribution in [3.05, 3.63) is 57.8 Å². The summed E-state index contributed by atoms with van der Waals surface area (Å²) in [6.45, 7) is 1.63. The quantitative estimate of drug-likeness (QED) is 0.905. The normalized spacial score (nSPS) is 17.5. The smallest absolute Gasteiger partial charge is 0.225 e. The van der Waals surface area contributed by atoms with Crippen LogP contribution in [0.3, 0.4) is 0 Å². The first kappa shape index (κ1) is 13.3. The van der Waals surface area contributed by atoms with Crippen LogP contribution in [-0.2, 0) is 17.6 Å².